The van der Waals surface area contributed by atoms with Gasteiger partial charge in [-0.3, -0.25) is 4.79 Å². The van der Waals surface area contributed by atoms with Gasteiger partial charge in [0.1, 0.15) is 0 Å². The fraction of sp³-hybridized carbons (Fsp3) is 0.462. The summed E-state index contributed by atoms with van der Waals surface area (Å²) in [5.74, 6) is 0.738. The predicted molar refractivity (Wildman–Crippen MR) is 64.4 cm³/mol. The molecule has 0 fully saturated rings. The standard InChI is InChI=1S/C13H18N2O/c1-14-13(16)6-7-15-9-11-8-10-4-2-3-5-12(10)11/h2-5,11,15H,6-9H2,1H3,(H,14,16). The van der Waals surface area contributed by atoms with Crippen molar-refractivity contribution in [3.05, 3.63) is 35.4 Å². The van der Waals surface area contributed by atoms with Crippen molar-refractivity contribution in [2.45, 2.75) is 18.8 Å². The Kier molecular flexibility index (Phi) is 3.57. The Morgan fingerprint density at radius 2 is 2.25 bits per heavy atom. The average molecular weight is 218 g/mol. The summed E-state index contributed by atoms with van der Waals surface area (Å²) in [5.41, 5.74) is 2.94. The monoisotopic (exact) mass is 218 g/mol. The van der Waals surface area contributed by atoms with E-state index in [-0.39, 0.29) is 5.91 Å². The molecular weight excluding hydrogens is 200 g/mol. The van der Waals surface area contributed by atoms with Crippen LogP contribution in [-0.4, -0.2) is 26.0 Å². The highest BCUT2D eigenvalue weighted by Crippen LogP contribution is 2.33. The minimum absolute atomic E-state index is 0.0986. The van der Waals surface area contributed by atoms with E-state index in [1.807, 2.05) is 0 Å². The summed E-state index contributed by atoms with van der Waals surface area (Å²) in [6.07, 6.45) is 1.73. The predicted octanol–water partition coefficient (Wildman–Crippen LogP) is 1.05. The molecule has 0 aromatic heterocycles. The molecule has 3 heteroatoms. The van der Waals surface area contributed by atoms with E-state index in [1.165, 1.54) is 17.5 Å². The first-order valence-corrected chi connectivity index (χ1v) is 5.80. The minimum Gasteiger partial charge on any atom is -0.359 e. The molecule has 0 radical (unpaired) electrons. The van der Waals surface area contributed by atoms with Crippen LogP contribution < -0.4 is 10.6 Å². The van der Waals surface area contributed by atoms with E-state index in [0.717, 1.165) is 13.1 Å². The molecule has 1 aromatic carbocycles. The van der Waals surface area contributed by atoms with Crippen LogP contribution >= 0.6 is 0 Å². The molecule has 0 spiro atoms. The third-order valence-corrected chi connectivity index (χ3v) is 3.16. The zero-order valence-electron chi connectivity index (χ0n) is 9.62. The van der Waals surface area contributed by atoms with Gasteiger partial charge < -0.3 is 10.6 Å². The molecule has 1 unspecified atom stereocenters. The van der Waals surface area contributed by atoms with E-state index in [4.69, 9.17) is 0 Å². The molecule has 1 aliphatic carbocycles. The Morgan fingerprint density at radius 3 is 3.00 bits per heavy atom. The van der Waals surface area contributed by atoms with Gasteiger partial charge in [0.05, 0.1) is 0 Å². The van der Waals surface area contributed by atoms with E-state index < -0.39 is 0 Å². The van der Waals surface area contributed by atoms with Crippen LogP contribution in [0.2, 0.25) is 0 Å². The summed E-state index contributed by atoms with van der Waals surface area (Å²) in [5, 5.41) is 5.95. The van der Waals surface area contributed by atoms with Crippen LogP contribution in [0.25, 0.3) is 0 Å². The van der Waals surface area contributed by atoms with Crippen molar-refractivity contribution in [3.8, 4) is 0 Å². The summed E-state index contributed by atoms with van der Waals surface area (Å²) in [4.78, 5) is 11.0. The number of fused-ring (bicyclic) bond motifs is 1. The maximum absolute atomic E-state index is 11.0. The Bertz CT molecular complexity index is 376. The summed E-state index contributed by atoms with van der Waals surface area (Å²) in [7, 11) is 1.67. The third kappa shape index (κ3) is 2.42. The lowest BCUT2D eigenvalue weighted by atomic mass is 9.77. The number of hydrogen-bond acceptors (Lipinski definition) is 2. The second kappa shape index (κ2) is 5.12. The van der Waals surface area contributed by atoms with Crippen molar-refractivity contribution in [1.29, 1.82) is 0 Å². The third-order valence-electron chi connectivity index (χ3n) is 3.16. The molecular formula is C13H18N2O. The molecule has 86 valence electrons. The SMILES string of the molecule is CNC(=O)CCNCC1Cc2ccccc21. The molecule has 2 N–H and O–H groups in total. The van der Waals surface area contributed by atoms with Crippen LogP contribution in [0.1, 0.15) is 23.5 Å². The number of hydrogen-bond donors (Lipinski definition) is 2. The summed E-state index contributed by atoms with van der Waals surface area (Å²) in [6, 6.07) is 8.57. The largest absolute Gasteiger partial charge is 0.359 e. The molecule has 1 atom stereocenters. The second-order valence-corrected chi connectivity index (χ2v) is 4.23. The van der Waals surface area contributed by atoms with Crippen molar-refractivity contribution < 1.29 is 4.79 Å². The number of nitrogens with one attached hydrogen (secondary N) is 2. The topological polar surface area (TPSA) is 41.1 Å². The van der Waals surface area contributed by atoms with Gasteiger partial charge in [0, 0.05) is 32.5 Å². The van der Waals surface area contributed by atoms with Gasteiger partial charge in [0.2, 0.25) is 5.91 Å². The van der Waals surface area contributed by atoms with E-state index in [2.05, 4.69) is 34.9 Å². The normalized spacial score (nSPS) is 17.4. The fourth-order valence-electron chi connectivity index (χ4n) is 2.15. The molecule has 0 saturated carbocycles. The van der Waals surface area contributed by atoms with Crippen molar-refractivity contribution >= 4 is 5.91 Å². The summed E-state index contributed by atoms with van der Waals surface area (Å²) >= 11 is 0. The van der Waals surface area contributed by atoms with Crippen molar-refractivity contribution in [3.63, 3.8) is 0 Å². The van der Waals surface area contributed by atoms with Gasteiger partial charge in [-0.25, -0.2) is 0 Å². The van der Waals surface area contributed by atoms with Gasteiger partial charge in [-0.2, -0.15) is 0 Å². The van der Waals surface area contributed by atoms with Crippen molar-refractivity contribution in [2.75, 3.05) is 20.1 Å². The number of carbonyl (C=O) groups excluding carboxylic acids is 1. The summed E-state index contributed by atoms with van der Waals surface area (Å²) in [6.45, 7) is 1.74. The first-order chi connectivity index (χ1) is 7.81. The van der Waals surface area contributed by atoms with E-state index in [9.17, 15) is 4.79 Å². The van der Waals surface area contributed by atoms with Crippen molar-refractivity contribution in [1.82, 2.24) is 10.6 Å². The van der Waals surface area contributed by atoms with E-state index in [1.54, 1.807) is 7.05 Å². The number of benzene rings is 1. The molecule has 16 heavy (non-hydrogen) atoms. The van der Waals surface area contributed by atoms with Crippen LogP contribution in [-0.2, 0) is 11.2 Å². The van der Waals surface area contributed by atoms with Gasteiger partial charge in [-0.05, 0) is 17.5 Å². The number of rotatable bonds is 5. The zero-order valence-corrected chi connectivity index (χ0v) is 9.62. The molecule has 1 aliphatic rings. The number of amides is 1. The van der Waals surface area contributed by atoms with Crippen LogP contribution in [0, 0.1) is 0 Å². The molecule has 1 amide bonds. The zero-order chi connectivity index (χ0) is 11.4. The first kappa shape index (κ1) is 11.1. The summed E-state index contributed by atoms with van der Waals surface area (Å²) < 4.78 is 0. The quantitative estimate of drug-likeness (QED) is 0.725. The van der Waals surface area contributed by atoms with Gasteiger partial charge in [-0.15, -0.1) is 0 Å². The maximum atomic E-state index is 11.0. The maximum Gasteiger partial charge on any atom is 0.221 e. The molecule has 0 aliphatic heterocycles. The molecule has 0 saturated heterocycles. The Labute approximate surface area is 96.2 Å². The lowest BCUT2D eigenvalue weighted by Crippen LogP contribution is -2.31. The van der Waals surface area contributed by atoms with Crippen LogP contribution in [0.5, 0.6) is 0 Å². The van der Waals surface area contributed by atoms with Crippen LogP contribution in [0.15, 0.2) is 24.3 Å². The van der Waals surface area contributed by atoms with E-state index >= 15 is 0 Å². The molecule has 0 heterocycles. The van der Waals surface area contributed by atoms with Crippen molar-refractivity contribution in [2.24, 2.45) is 0 Å². The second-order valence-electron chi connectivity index (χ2n) is 4.23. The molecule has 1 aromatic rings. The lowest BCUT2D eigenvalue weighted by molar-refractivity contribution is -0.120. The Morgan fingerprint density at radius 1 is 1.44 bits per heavy atom. The highest BCUT2D eigenvalue weighted by molar-refractivity contribution is 5.75. The van der Waals surface area contributed by atoms with Gasteiger partial charge in [0.15, 0.2) is 0 Å². The van der Waals surface area contributed by atoms with Gasteiger partial charge in [0.25, 0.3) is 0 Å². The highest BCUT2D eigenvalue weighted by Gasteiger charge is 2.24. The molecule has 3 nitrogen and oxygen atoms in total. The first-order valence-electron chi connectivity index (χ1n) is 5.80. The smallest absolute Gasteiger partial charge is 0.221 e. The van der Waals surface area contributed by atoms with E-state index in [0.29, 0.717) is 12.3 Å². The minimum atomic E-state index is 0.0986. The molecule has 2 rings (SSSR count). The van der Waals surface area contributed by atoms with Crippen LogP contribution in [0.4, 0.5) is 0 Å². The van der Waals surface area contributed by atoms with Gasteiger partial charge in [-0.1, -0.05) is 24.3 Å². The molecule has 0 bridgehead atoms. The van der Waals surface area contributed by atoms with Gasteiger partial charge >= 0.3 is 0 Å². The fourth-order valence-corrected chi connectivity index (χ4v) is 2.15. The average Bonchev–Trinajstić information content (AvgIpc) is 2.29. The highest BCUT2D eigenvalue weighted by atomic mass is 16.1. The Balaban J connectivity index is 1.68. The number of carbonyl (C=O) groups is 1. The van der Waals surface area contributed by atoms with Crippen LogP contribution in [0.3, 0.4) is 0 Å². The lowest BCUT2D eigenvalue weighted by Gasteiger charge is -2.30. The Hall–Kier alpha value is -1.35.